The predicted octanol–water partition coefficient (Wildman–Crippen LogP) is 5.05. The van der Waals surface area contributed by atoms with Crippen molar-refractivity contribution in [2.45, 2.75) is 38.4 Å². The molecular weight excluding hydrogens is 422 g/mol. The number of pyridine rings is 1. The fourth-order valence-electron chi connectivity index (χ4n) is 5.15. The van der Waals surface area contributed by atoms with Gasteiger partial charge in [0.1, 0.15) is 11.5 Å². The number of methoxy groups -OCH3 is 2. The fourth-order valence-corrected chi connectivity index (χ4v) is 5.15. The third-order valence-corrected chi connectivity index (χ3v) is 7.00. The maximum absolute atomic E-state index is 5.46. The number of ether oxygens (including phenoxy) is 2. The van der Waals surface area contributed by atoms with Crippen LogP contribution in [0.2, 0.25) is 0 Å². The third-order valence-electron chi connectivity index (χ3n) is 7.00. The van der Waals surface area contributed by atoms with Crippen molar-refractivity contribution in [2.75, 3.05) is 34.4 Å². The lowest BCUT2D eigenvalue weighted by molar-refractivity contribution is 0.0953. The molecule has 34 heavy (non-hydrogen) atoms. The summed E-state index contributed by atoms with van der Waals surface area (Å²) < 4.78 is 10.9. The van der Waals surface area contributed by atoms with Gasteiger partial charge in [0.25, 0.3) is 0 Å². The molecule has 0 aliphatic carbocycles. The molecule has 3 aromatic rings. The number of likely N-dealkylation sites (tertiary alicyclic amines) is 1. The van der Waals surface area contributed by atoms with Gasteiger partial charge in [-0.3, -0.25) is 14.8 Å². The number of nitrogens with zero attached hydrogens (tertiary/aromatic N) is 3. The summed E-state index contributed by atoms with van der Waals surface area (Å²) in [5, 5.41) is 0. The van der Waals surface area contributed by atoms with Crippen molar-refractivity contribution in [1.82, 2.24) is 14.8 Å². The maximum Gasteiger partial charge on any atom is 0.122 e. The molecule has 1 aliphatic heterocycles. The van der Waals surface area contributed by atoms with E-state index >= 15 is 0 Å². The molecule has 0 spiro atoms. The topological polar surface area (TPSA) is 37.8 Å². The highest BCUT2D eigenvalue weighted by atomic mass is 16.5. The predicted molar refractivity (Wildman–Crippen MR) is 137 cm³/mol. The van der Waals surface area contributed by atoms with Gasteiger partial charge in [-0.1, -0.05) is 36.4 Å². The molecule has 180 valence electrons. The number of piperidine rings is 1. The van der Waals surface area contributed by atoms with Crippen LogP contribution in [0, 0.1) is 5.92 Å². The van der Waals surface area contributed by atoms with Crippen LogP contribution in [0.1, 0.15) is 29.5 Å². The first-order valence-corrected chi connectivity index (χ1v) is 12.2. The molecule has 1 aromatic heterocycles. The summed E-state index contributed by atoms with van der Waals surface area (Å²) in [4.78, 5) is 9.42. The number of hydrogen-bond donors (Lipinski definition) is 0. The van der Waals surface area contributed by atoms with Crippen LogP contribution in [0.15, 0.2) is 73.1 Å². The molecule has 0 radical (unpaired) electrons. The normalized spacial score (nSPS) is 15.9. The minimum atomic E-state index is 0.502. The van der Waals surface area contributed by atoms with E-state index in [0.717, 1.165) is 44.1 Å². The molecule has 2 heterocycles. The van der Waals surface area contributed by atoms with E-state index < -0.39 is 0 Å². The molecule has 0 N–H and O–H groups in total. The lowest BCUT2D eigenvalue weighted by Gasteiger charge is -2.40. The van der Waals surface area contributed by atoms with Crippen molar-refractivity contribution < 1.29 is 9.47 Å². The van der Waals surface area contributed by atoms with E-state index in [0.29, 0.717) is 12.0 Å². The molecule has 1 saturated heterocycles. The van der Waals surface area contributed by atoms with Crippen LogP contribution in [0.4, 0.5) is 0 Å². The van der Waals surface area contributed by atoms with Gasteiger partial charge in [0.05, 0.1) is 14.2 Å². The van der Waals surface area contributed by atoms with Gasteiger partial charge in [0, 0.05) is 37.6 Å². The van der Waals surface area contributed by atoms with E-state index in [1.807, 2.05) is 24.5 Å². The average molecular weight is 460 g/mol. The van der Waals surface area contributed by atoms with Gasteiger partial charge in [-0.05, 0) is 80.2 Å². The second kappa shape index (κ2) is 12.0. The Hall–Kier alpha value is -2.89. The first-order valence-electron chi connectivity index (χ1n) is 12.2. The van der Waals surface area contributed by atoms with E-state index in [1.54, 1.807) is 14.2 Å². The second-order valence-corrected chi connectivity index (χ2v) is 9.37. The van der Waals surface area contributed by atoms with Crippen LogP contribution in [0.5, 0.6) is 11.5 Å². The van der Waals surface area contributed by atoms with Crippen LogP contribution < -0.4 is 9.47 Å². The fraction of sp³-hybridized carbons (Fsp3) is 0.414. The summed E-state index contributed by atoms with van der Waals surface area (Å²) in [5.41, 5.74) is 3.92. The van der Waals surface area contributed by atoms with E-state index in [1.165, 1.54) is 29.5 Å². The van der Waals surface area contributed by atoms with Gasteiger partial charge < -0.3 is 9.47 Å². The van der Waals surface area contributed by atoms with Gasteiger partial charge in [0.2, 0.25) is 0 Å². The molecule has 1 aliphatic rings. The molecule has 0 amide bonds. The molecule has 1 atom stereocenters. The Morgan fingerprint density at radius 1 is 0.912 bits per heavy atom. The Morgan fingerprint density at radius 3 is 2.21 bits per heavy atom. The van der Waals surface area contributed by atoms with Crippen molar-refractivity contribution in [1.29, 1.82) is 0 Å². The summed E-state index contributed by atoms with van der Waals surface area (Å²) >= 11 is 0. The van der Waals surface area contributed by atoms with Crippen LogP contribution in [0.25, 0.3) is 0 Å². The molecule has 0 unspecified atom stereocenters. The Balaban J connectivity index is 1.42. The lowest BCUT2D eigenvalue weighted by Crippen LogP contribution is -2.44. The van der Waals surface area contributed by atoms with Gasteiger partial charge >= 0.3 is 0 Å². The van der Waals surface area contributed by atoms with Crippen LogP contribution >= 0.6 is 0 Å². The Labute approximate surface area is 204 Å². The highest BCUT2D eigenvalue weighted by molar-refractivity contribution is 5.38. The first-order chi connectivity index (χ1) is 16.6. The Morgan fingerprint density at radius 2 is 1.59 bits per heavy atom. The van der Waals surface area contributed by atoms with E-state index in [9.17, 15) is 0 Å². The molecule has 0 saturated carbocycles. The smallest absolute Gasteiger partial charge is 0.122 e. The van der Waals surface area contributed by atoms with Crippen molar-refractivity contribution in [3.63, 3.8) is 0 Å². The highest BCUT2D eigenvalue weighted by Crippen LogP contribution is 2.29. The second-order valence-electron chi connectivity index (χ2n) is 9.37. The van der Waals surface area contributed by atoms with Crippen molar-refractivity contribution >= 4 is 0 Å². The van der Waals surface area contributed by atoms with Crippen molar-refractivity contribution in [3.05, 3.63) is 89.7 Å². The zero-order chi connectivity index (χ0) is 23.8. The van der Waals surface area contributed by atoms with E-state index in [2.05, 4.69) is 70.4 Å². The molecule has 5 nitrogen and oxygen atoms in total. The summed E-state index contributed by atoms with van der Waals surface area (Å²) in [5.74, 6) is 2.37. The standard InChI is InChI=1S/C29H37N3O2/c1-31(21-24-10-7-13-30-20-24)29(18-23-8-5-4-6-9-23)26-11-14-32(15-12-26)22-25-16-27(33-2)19-28(17-25)34-3/h4-10,13,16-17,19-20,26,29H,11-12,14-15,18,21-22H2,1-3H3/t29-/m0/s1. The van der Waals surface area contributed by atoms with Crippen molar-refractivity contribution in [2.24, 2.45) is 5.92 Å². The first kappa shape index (κ1) is 24.2. The SMILES string of the molecule is COc1cc(CN2CCC([C@H](Cc3ccccc3)N(C)Cc3cccnc3)CC2)cc(OC)c1. The van der Waals surface area contributed by atoms with Gasteiger partial charge in [-0.2, -0.15) is 0 Å². The number of likely N-dealkylation sites (N-methyl/N-ethyl adjacent to an activating group) is 1. The number of rotatable bonds is 10. The molecule has 4 rings (SSSR count). The number of hydrogen-bond acceptors (Lipinski definition) is 5. The van der Waals surface area contributed by atoms with Gasteiger partial charge in [0.15, 0.2) is 0 Å². The monoisotopic (exact) mass is 459 g/mol. The third kappa shape index (κ3) is 6.58. The Kier molecular flexibility index (Phi) is 8.56. The maximum atomic E-state index is 5.46. The minimum Gasteiger partial charge on any atom is -0.497 e. The Bertz CT molecular complexity index is 982. The number of benzene rings is 2. The van der Waals surface area contributed by atoms with Crippen LogP contribution in [0.3, 0.4) is 0 Å². The zero-order valence-corrected chi connectivity index (χ0v) is 20.7. The van der Waals surface area contributed by atoms with E-state index in [-0.39, 0.29) is 0 Å². The summed E-state index contributed by atoms with van der Waals surface area (Å²) in [6.45, 7) is 4.07. The average Bonchev–Trinajstić information content (AvgIpc) is 2.88. The zero-order valence-electron chi connectivity index (χ0n) is 20.7. The van der Waals surface area contributed by atoms with Crippen molar-refractivity contribution in [3.8, 4) is 11.5 Å². The van der Waals surface area contributed by atoms with Crippen LogP contribution in [-0.4, -0.2) is 55.2 Å². The van der Waals surface area contributed by atoms with Crippen LogP contribution in [-0.2, 0) is 19.5 Å². The molecule has 5 heteroatoms. The summed E-state index contributed by atoms with van der Waals surface area (Å²) in [6.07, 6.45) is 7.32. The molecule has 0 bridgehead atoms. The van der Waals surface area contributed by atoms with E-state index in [4.69, 9.17) is 9.47 Å². The summed E-state index contributed by atoms with van der Waals surface area (Å²) in [6, 6.07) is 21.8. The quantitative estimate of drug-likeness (QED) is 0.424. The molecule has 2 aromatic carbocycles. The number of aromatic nitrogens is 1. The van der Waals surface area contributed by atoms with Gasteiger partial charge in [-0.25, -0.2) is 0 Å². The molecular formula is C29H37N3O2. The lowest BCUT2D eigenvalue weighted by atomic mass is 9.84. The minimum absolute atomic E-state index is 0.502. The highest BCUT2D eigenvalue weighted by Gasteiger charge is 2.29. The molecule has 1 fully saturated rings. The largest absolute Gasteiger partial charge is 0.497 e. The summed E-state index contributed by atoms with van der Waals surface area (Å²) in [7, 11) is 5.69. The van der Waals surface area contributed by atoms with Gasteiger partial charge in [-0.15, -0.1) is 0 Å².